The Kier molecular flexibility index (Phi) is 2.60. The van der Waals surface area contributed by atoms with Crippen molar-refractivity contribution in [1.82, 2.24) is 3.11 Å². The molecular weight excluding hydrogens is 267 g/mol. The third-order valence-corrected chi connectivity index (χ3v) is 3.71. The van der Waals surface area contributed by atoms with Crippen LogP contribution in [0.1, 0.15) is 12.8 Å². The van der Waals surface area contributed by atoms with Gasteiger partial charge in [-0.05, 0) is 18.8 Å². The molecule has 3 unspecified atom stereocenters. The maximum Gasteiger partial charge on any atom is 0.0747 e. The van der Waals surface area contributed by atoms with Crippen LogP contribution in [0.15, 0.2) is 0 Å². The van der Waals surface area contributed by atoms with Crippen molar-refractivity contribution in [3.05, 3.63) is 0 Å². The Morgan fingerprint density at radius 2 is 2.00 bits per heavy atom. The van der Waals surface area contributed by atoms with Crippen LogP contribution in [0.2, 0.25) is 0 Å². The molecule has 1 aliphatic carbocycles. The number of halogens is 1. The largest absolute Gasteiger partial charge is 0.391 e. The number of hydrogen-bond acceptors (Lipinski definition) is 3. The molecule has 2 fully saturated rings. The summed E-state index contributed by atoms with van der Waals surface area (Å²) in [5.41, 5.74) is 5.83. The highest BCUT2D eigenvalue weighted by atomic mass is 127. The van der Waals surface area contributed by atoms with Crippen LogP contribution in [0, 0.1) is 11.8 Å². The molecule has 0 aromatic rings. The lowest BCUT2D eigenvalue weighted by Gasteiger charge is -2.37. The predicted octanol–water partition coefficient (Wildman–Crippen LogP) is 0.366. The van der Waals surface area contributed by atoms with E-state index in [2.05, 4.69) is 26.0 Å². The van der Waals surface area contributed by atoms with Gasteiger partial charge >= 0.3 is 0 Å². The third kappa shape index (κ3) is 1.76. The first-order valence-electron chi connectivity index (χ1n) is 4.53. The summed E-state index contributed by atoms with van der Waals surface area (Å²) in [6, 6.07) is -0.0405. The smallest absolute Gasteiger partial charge is 0.0747 e. The van der Waals surface area contributed by atoms with Crippen molar-refractivity contribution in [2.45, 2.75) is 25.0 Å². The molecule has 3 N–H and O–H groups in total. The van der Waals surface area contributed by atoms with E-state index in [4.69, 9.17) is 5.73 Å². The van der Waals surface area contributed by atoms with Crippen LogP contribution < -0.4 is 5.73 Å². The average Bonchev–Trinajstić information content (AvgIpc) is 2.79. The number of piperidine rings is 1. The Morgan fingerprint density at radius 1 is 1.33 bits per heavy atom. The zero-order valence-electron chi connectivity index (χ0n) is 6.99. The molecule has 4 heteroatoms. The van der Waals surface area contributed by atoms with Crippen LogP contribution in [-0.4, -0.2) is 33.5 Å². The van der Waals surface area contributed by atoms with Gasteiger partial charge in [0, 0.05) is 47.9 Å². The molecule has 2 aliphatic rings. The normalized spacial score (nSPS) is 44.8. The van der Waals surface area contributed by atoms with Gasteiger partial charge in [0.25, 0.3) is 0 Å². The standard InChI is InChI=1S/C8H15IN2O/c9-11-3-6(5-1-2-5)8(12)7(10)4-11/h5-8,12H,1-4,10H2. The molecule has 3 atom stereocenters. The first-order valence-corrected chi connectivity index (χ1v) is 5.49. The SMILES string of the molecule is NC1CN(I)CC(C2CC2)C1O. The Hall–Kier alpha value is 0.610. The van der Waals surface area contributed by atoms with Crippen LogP contribution in [0.5, 0.6) is 0 Å². The number of aliphatic hydroxyl groups excluding tert-OH is 1. The second-order valence-corrected chi connectivity index (χ2v) is 5.35. The number of aliphatic hydroxyl groups is 1. The second kappa shape index (κ2) is 3.40. The van der Waals surface area contributed by atoms with Crippen LogP contribution in [0.4, 0.5) is 0 Å². The number of hydrogen-bond donors (Lipinski definition) is 2. The first-order chi connectivity index (χ1) is 5.68. The summed E-state index contributed by atoms with van der Waals surface area (Å²) in [6.45, 7) is 1.84. The van der Waals surface area contributed by atoms with Gasteiger partial charge in [0.05, 0.1) is 6.10 Å². The molecule has 2 rings (SSSR count). The summed E-state index contributed by atoms with van der Waals surface area (Å²) in [5, 5.41) is 9.81. The fourth-order valence-corrected chi connectivity index (χ4v) is 2.93. The molecule has 0 spiro atoms. The average molecular weight is 282 g/mol. The van der Waals surface area contributed by atoms with Crippen LogP contribution in [-0.2, 0) is 0 Å². The predicted molar refractivity (Wildman–Crippen MR) is 55.8 cm³/mol. The molecule has 1 saturated carbocycles. The highest BCUT2D eigenvalue weighted by Crippen LogP contribution is 2.41. The molecule has 0 radical (unpaired) electrons. The van der Waals surface area contributed by atoms with Crippen molar-refractivity contribution in [3.63, 3.8) is 0 Å². The van der Waals surface area contributed by atoms with Crippen molar-refractivity contribution >= 4 is 22.9 Å². The maximum atomic E-state index is 9.81. The molecule has 1 heterocycles. The van der Waals surface area contributed by atoms with Gasteiger partial charge in [-0.3, -0.25) is 0 Å². The Labute approximate surface area is 86.8 Å². The first kappa shape index (κ1) is 9.18. The van der Waals surface area contributed by atoms with Crippen LogP contribution in [0.25, 0.3) is 0 Å². The summed E-state index contributed by atoms with van der Waals surface area (Å²) in [5.74, 6) is 1.19. The third-order valence-electron chi connectivity index (χ3n) is 2.92. The van der Waals surface area contributed by atoms with Crippen molar-refractivity contribution in [3.8, 4) is 0 Å². The fraction of sp³-hybridized carbons (Fsp3) is 1.00. The molecule has 3 nitrogen and oxygen atoms in total. The molecule has 0 bridgehead atoms. The lowest BCUT2D eigenvalue weighted by atomic mass is 9.89. The van der Waals surface area contributed by atoms with Gasteiger partial charge in [-0.2, -0.15) is 0 Å². The van der Waals surface area contributed by atoms with Gasteiger partial charge < -0.3 is 10.8 Å². The highest BCUT2D eigenvalue weighted by Gasteiger charge is 2.41. The van der Waals surface area contributed by atoms with Crippen molar-refractivity contribution in [1.29, 1.82) is 0 Å². The fourth-order valence-electron chi connectivity index (χ4n) is 2.02. The minimum absolute atomic E-state index is 0.0405. The number of nitrogens with two attached hydrogens (primary N) is 1. The van der Waals surface area contributed by atoms with Crippen molar-refractivity contribution in [2.75, 3.05) is 13.1 Å². The Balaban J connectivity index is 2.00. The van der Waals surface area contributed by atoms with Gasteiger partial charge in [-0.1, -0.05) is 0 Å². The summed E-state index contributed by atoms with van der Waals surface area (Å²) in [6.07, 6.45) is 2.32. The lowest BCUT2D eigenvalue weighted by molar-refractivity contribution is 0.0327. The zero-order valence-corrected chi connectivity index (χ0v) is 9.15. The van der Waals surface area contributed by atoms with Gasteiger partial charge in [0.1, 0.15) is 0 Å². The zero-order chi connectivity index (χ0) is 8.72. The molecule has 70 valence electrons. The van der Waals surface area contributed by atoms with E-state index in [1.807, 2.05) is 0 Å². The van der Waals surface area contributed by atoms with Gasteiger partial charge in [0.15, 0.2) is 0 Å². The van der Waals surface area contributed by atoms with E-state index >= 15 is 0 Å². The molecule has 1 saturated heterocycles. The Morgan fingerprint density at radius 3 is 2.58 bits per heavy atom. The van der Waals surface area contributed by atoms with Gasteiger partial charge in [-0.15, -0.1) is 0 Å². The van der Waals surface area contributed by atoms with Crippen molar-refractivity contribution < 1.29 is 5.11 Å². The summed E-state index contributed by atoms with van der Waals surface area (Å²) in [4.78, 5) is 0. The van der Waals surface area contributed by atoms with Crippen LogP contribution >= 0.6 is 22.9 Å². The monoisotopic (exact) mass is 282 g/mol. The quantitative estimate of drug-likeness (QED) is 0.539. The molecule has 0 aromatic carbocycles. The van der Waals surface area contributed by atoms with Gasteiger partial charge in [-0.25, -0.2) is 3.11 Å². The summed E-state index contributed by atoms with van der Waals surface area (Å²) < 4.78 is 2.21. The lowest BCUT2D eigenvalue weighted by Crippen LogP contribution is -2.54. The molecular formula is C8H15IN2O. The van der Waals surface area contributed by atoms with E-state index in [1.165, 1.54) is 12.8 Å². The van der Waals surface area contributed by atoms with Gasteiger partial charge in [0.2, 0.25) is 0 Å². The number of nitrogens with zero attached hydrogens (tertiary/aromatic N) is 1. The second-order valence-electron chi connectivity index (χ2n) is 3.98. The summed E-state index contributed by atoms with van der Waals surface area (Å²) >= 11 is 2.30. The van der Waals surface area contributed by atoms with E-state index in [1.54, 1.807) is 0 Å². The van der Waals surface area contributed by atoms with E-state index in [0.717, 1.165) is 19.0 Å². The Bertz CT molecular complexity index is 174. The van der Waals surface area contributed by atoms with E-state index in [9.17, 15) is 5.11 Å². The topological polar surface area (TPSA) is 49.5 Å². The van der Waals surface area contributed by atoms with E-state index in [0.29, 0.717) is 5.92 Å². The molecule has 12 heavy (non-hydrogen) atoms. The van der Waals surface area contributed by atoms with E-state index in [-0.39, 0.29) is 12.1 Å². The minimum atomic E-state index is -0.261. The highest BCUT2D eigenvalue weighted by molar-refractivity contribution is 14.1. The molecule has 0 aromatic heterocycles. The van der Waals surface area contributed by atoms with Crippen molar-refractivity contribution in [2.24, 2.45) is 17.6 Å². The summed E-state index contributed by atoms with van der Waals surface area (Å²) in [7, 11) is 0. The van der Waals surface area contributed by atoms with Crippen LogP contribution in [0.3, 0.4) is 0 Å². The molecule has 0 amide bonds. The molecule has 1 aliphatic heterocycles. The minimum Gasteiger partial charge on any atom is -0.391 e. The maximum absolute atomic E-state index is 9.81. The number of rotatable bonds is 1. The van der Waals surface area contributed by atoms with E-state index < -0.39 is 0 Å².